The van der Waals surface area contributed by atoms with E-state index in [9.17, 15) is 14.4 Å². The van der Waals surface area contributed by atoms with E-state index in [1.54, 1.807) is 6.92 Å². The van der Waals surface area contributed by atoms with Crippen LogP contribution in [0.25, 0.3) is 0 Å². The zero-order valence-electron chi connectivity index (χ0n) is 13.7. The Kier molecular flexibility index (Phi) is 5.41. The van der Waals surface area contributed by atoms with Gasteiger partial charge in [0.2, 0.25) is 0 Å². The van der Waals surface area contributed by atoms with Crippen molar-refractivity contribution in [1.82, 2.24) is 0 Å². The average Bonchev–Trinajstić information content (AvgIpc) is 3.15. The number of amides is 1. The van der Waals surface area contributed by atoms with Crippen LogP contribution in [0, 0.1) is 25.7 Å². The SMILES string of the molecule is CCOC(=O)c1c(NC(=O)COC(=O)[C@H]2C[C@@H]2C)sc(C)c1C. The van der Waals surface area contributed by atoms with Crippen molar-refractivity contribution in [2.24, 2.45) is 11.8 Å². The van der Waals surface area contributed by atoms with E-state index in [1.165, 1.54) is 11.3 Å². The van der Waals surface area contributed by atoms with E-state index in [0.717, 1.165) is 16.9 Å². The topological polar surface area (TPSA) is 81.7 Å². The highest BCUT2D eigenvalue weighted by molar-refractivity contribution is 7.16. The van der Waals surface area contributed by atoms with E-state index in [4.69, 9.17) is 9.47 Å². The number of nitrogens with one attached hydrogen (secondary N) is 1. The molecule has 1 saturated carbocycles. The van der Waals surface area contributed by atoms with Gasteiger partial charge in [-0.15, -0.1) is 11.3 Å². The number of hydrogen-bond acceptors (Lipinski definition) is 6. The molecule has 1 amide bonds. The minimum atomic E-state index is -0.464. The molecule has 6 nitrogen and oxygen atoms in total. The van der Waals surface area contributed by atoms with Gasteiger partial charge in [-0.25, -0.2) is 4.79 Å². The third kappa shape index (κ3) is 4.10. The Morgan fingerprint density at radius 3 is 2.48 bits per heavy atom. The van der Waals surface area contributed by atoms with Crippen LogP contribution < -0.4 is 5.32 Å². The molecule has 1 aliphatic rings. The molecule has 1 aliphatic carbocycles. The highest BCUT2D eigenvalue weighted by Gasteiger charge is 2.40. The zero-order chi connectivity index (χ0) is 17.1. The first-order chi connectivity index (χ1) is 10.8. The Hall–Kier alpha value is -1.89. The van der Waals surface area contributed by atoms with Crippen molar-refractivity contribution in [2.75, 3.05) is 18.5 Å². The van der Waals surface area contributed by atoms with Gasteiger partial charge < -0.3 is 14.8 Å². The maximum Gasteiger partial charge on any atom is 0.341 e. The van der Waals surface area contributed by atoms with Gasteiger partial charge in [-0.1, -0.05) is 6.92 Å². The van der Waals surface area contributed by atoms with Gasteiger partial charge in [-0.3, -0.25) is 9.59 Å². The van der Waals surface area contributed by atoms with Crippen LogP contribution in [0.4, 0.5) is 5.00 Å². The van der Waals surface area contributed by atoms with Crippen molar-refractivity contribution in [3.63, 3.8) is 0 Å². The summed E-state index contributed by atoms with van der Waals surface area (Å²) in [6.45, 7) is 7.28. The van der Waals surface area contributed by atoms with Crippen molar-refractivity contribution >= 4 is 34.2 Å². The lowest BCUT2D eigenvalue weighted by Gasteiger charge is -2.07. The monoisotopic (exact) mass is 339 g/mol. The number of rotatable bonds is 6. The number of thiophene rings is 1. The Morgan fingerprint density at radius 2 is 1.91 bits per heavy atom. The van der Waals surface area contributed by atoms with Crippen molar-refractivity contribution in [1.29, 1.82) is 0 Å². The molecule has 1 heterocycles. The minimum Gasteiger partial charge on any atom is -0.462 e. The van der Waals surface area contributed by atoms with E-state index < -0.39 is 11.9 Å². The molecule has 1 fully saturated rings. The predicted molar refractivity (Wildman–Crippen MR) is 86.6 cm³/mol. The molecular formula is C16H21NO5S. The first-order valence-electron chi connectivity index (χ1n) is 7.58. The Bertz CT molecular complexity index is 637. The van der Waals surface area contributed by atoms with Gasteiger partial charge in [0.1, 0.15) is 5.00 Å². The molecule has 1 aromatic heterocycles. The van der Waals surface area contributed by atoms with E-state index in [-0.39, 0.29) is 25.1 Å². The first-order valence-corrected chi connectivity index (χ1v) is 8.40. The lowest BCUT2D eigenvalue weighted by Crippen LogP contribution is -2.22. The fourth-order valence-electron chi connectivity index (χ4n) is 2.22. The van der Waals surface area contributed by atoms with Crippen molar-refractivity contribution in [3.05, 3.63) is 16.0 Å². The van der Waals surface area contributed by atoms with Crippen LogP contribution in [-0.4, -0.2) is 31.1 Å². The van der Waals surface area contributed by atoms with Gasteiger partial charge in [-0.2, -0.15) is 0 Å². The van der Waals surface area contributed by atoms with Crippen molar-refractivity contribution in [3.8, 4) is 0 Å². The number of ether oxygens (including phenoxy) is 2. The van der Waals surface area contributed by atoms with Gasteiger partial charge in [0, 0.05) is 4.88 Å². The van der Waals surface area contributed by atoms with E-state index in [0.29, 0.717) is 16.5 Å². The maximum absolute atomic E-state index is 12.0. The lowest BCUT2D eigenvalue weighted by atomic mass is 10.1. The third-order valence-corrected chi connectivity index (χ3v) is 5.00. The molecule has 0 aromatic carbocycles. The fourth-order valence-corrected chi connectivity index (χ4v) is 3.29. The highest BCUT2D eigenvalue weighted by Crippen LogP contribution is 2.38. The molecule has 0 aliphatic heterocycles. The van der Waals surface area contributed by atoms with Crippen LogP contribution in [0.1, 0.15) is 41.1 Å². The highest BCUT2D eigenvalue weighted by atomic mass is 32.1. The lowest BCUT2D eigenvalue weighted by molar-refractivity contribution is -0.148. The summed E-state index contributed by atoms with van der Waals surface area (Å²) in [7, 11) is 0. The van der Waals surface area contributed by atoms with Crippen LogP contribution in [0.2, 0.25) is 0 Å². The van der Waals surface area contributed by atoms with Gasteiger partial charge in [0.05, 0.1) is 18.1 Å². The third-order valence-electron chi connectivity index (χ3n) is 3.88. The van der Waals surface area contributed by atoms with Crippen molar-refractivity contribution in [2.45, 2.75) is 34.1 Å². The molecule has 0 unspecified atom stereocenters. The molecule has 2 atom stereocenters. The summed E-state index contributed by atoms with van der Waals surface area (Å²) in [5.41, 5.74) is 1.15. The van der Waals surface area contributed by atoms with Crippen LogP contribution in [0.5, 0.6) is 0 Å². The molecular weight excluding hydrogens is 318 g/mol. The van der Waals surface area contributed by atoms with Gasteiger partial charge in [0.25, 0.3) is 5.91 Å². The second-order valence-electron chi connectivity index (χ2n) is 5.68. The summed E-state index contributed by atoms with van der Waals surface area (Å²) in [6.07, 6.45) is 0.816. The molecule has 7 heteroatoms. The van der Waals surface area contributed by atoms with Crippen LogP contribution in [0.15, 0.2) is 0 Å². The molecule has 0 bridgehead atoms. The summed E-state index contributed by atoms with van der Waals surface area (Å²) in [4.78, 5) is 36.5. The summed E-state index contributed by atoms with van der Waals surface area (Å²) >= 11 is 1.30. The minimum absolute atomic E-state index is 0.0795. The largest absolute Gasteiger partial charge is 0.462 e. The maximum atomic E-state index is 12.0. The van der Waals surface area contributed by atoms with Gasteiger partial charge in [-0.05, 0) is 38.7 Å². The van der Waals surface area contributed by atoms with Gasteiger partial charge >= 0.3 is 11.9 Å². The smallest absolute Gasteiger partial charge is 0.341 e. The molecule has 126 valence electrons. The second kappa shape index (κ2) is 7.12. The number of hydrogen-bond donors (Lipinski definition) is 1. The quantitative estimate of drug-likeness (QED) is 0.806. The summed E-state index contributed by atoms with van der Waals surface area (Å²) in [5.74, 6) is -1.00. The molecule has 23 heavy (non-hydrogen) atoms. The standard InChI is InChI=1S/C16H21NO5S/c1-5-21-16(20)13-9(3)10(4)23-14(13)17-12(18)7-22-15(19)11-6-8(11)2/h8,11H,5-7H2,1-4H3,(H,17,18)/t8-,11-/m0/s1. The molecule has 0 spiro atoms. The fraction of sp³-hybridized carbons (Fsp3) is 0.562. The van der Waals surface area contributed by atoms with E-state index in [1.807, 2.05) is 20.8 Å². The Balaban J connectivity index is 1.98. The molecule has 1 N–H and O–H groups in total. The molecule has 0 radical (unpaired) electrons. The summed E-state index contributed by atoms with van der Waals surface area (Å²) in [6, 6.07) is 0. The number of aryl methyl sites for hydroxylation is 1. The normalized spacial score (nSPS) is 19.1. The average molecular weight is 339 g/mol. The molecule has 0 saturated heterocycles. The van der Waals surface area contributed by atoms with Crippen LogP contribution in [0.3, 0.4) is 0 Å². The summed E-state index contributed by atoms with van der Waals surface area (Å²) < 4.78 is 10.0. The Morgan fingerprint density at radius 1 is 1.26 bits per heavy atom. The second-order valence-corrected chi connectivity index (χ2v) is 6.91. The van der Waals surface area contributed by atoms with Crippen LogP contribution >= 0.6 is 11.3 Å². The van der Waals surface area contributed by atoms with Gasteiger partial charge in [0.15, 0.2) is 6.61 Å². The van der Waals surface area contributed by atoms with E-state index in [2.05, 4.69) is 5.32 Å². The zero-order valence-corrected chi connectivity index (χ0v) is 14.5. The number of carbonyl (C=O) groups excluding carboxylic acids is 3. The van der Waals surface area contributed by atoms with E-state index >= 15 is 0 Å². The number of esters is 2. The van der Waals surface area contributed by atoms with Crippen molar-refractivity contribution < 1.29 is 23.9 Å². The number of anilines is 1. The molecule has 2 rings (SSSR count). The predicted octanol–water partition coefficient (Wildman–Crippen LogP) is 2.68. The first kappa shape index (κ1) is 17.5. The number of carbonyl (C=O) groups is 3. The summed E-state index contributed by atoms with van der Waals surface area (Å²) in [5, 5.41) is 3.07. The Labute approximate surface area is 139 Å². The van der Waals surface area contributed by atoms with Crippen LogP contribution in [-0.2, 0) is 19.1 Å². The molecule has 1 aromatic rings.